The molecule has 0 atom stereocenters. The lowest BCUT2D eigenvalue weighted by Crippen LogP contribution is -2.27. The number of sulfone groups is 1. The molecule has 0 N–H and O–H groups in total. The summed E-state index contributed by atoms with van der Waals surface area (Å²) in [5.74, 6) is 0.165. The Labute approximate surface area is 98.8 Å². The first-order valence-corrected chi connectivity index (χ1v) is 7.76. The van der Waals surface area contributed by atoms with Crippen molar-refractivity contribution in [2.24, 2.45) is 5.41 Å². The van der Waals surface area contributed by atoms with Crippen molar-refractivity contribution in [2.45, 2.75) is 57.6 Å². The molecule has 1 saturated carbocycles. The molecule has 16 heavy (non-hydrogen) atoms. The van der Waals surface area contributed by atoms with Crippen LogP contribution in [0.1, 0.15) is 52.4 Å². The van der Waals surface area contributed by atoms with E-state index in [0.29, 0.717) is 6.42 Å². The van der Waals surface area contributed by atoms with Gasteiger partial charge in [0.1, 0.15) is 0 Å². The van der Waals surface area contributed by atoms with Gasteiger partial charge in [0.25, 0.3) is 0 Å². The molecule has 0 unspecified atom stereocenters. The van der Waals surface area contributed by atoms with Gasteiger partial charge in [-0.2, -0.15) is 5.26 Å². The van der Waals surface area contributed by atoms with E-state index >= 15 is 0 Å². The van der Waals surface area contributed by atoms with Gasteiger partial charge in [-0.1, -0.05) is 19.3 Å². The average Bonchev–Trinajstić information content (AvgIpc) is 2.28. The first-order chi connectivity index (χ1) is 7.42. The number of nitrogens with zero attached hydrogens (tertiary/aromatic N) is 1. The minimum absolute atomic E-state index is 0.165. The van der Waals surface area contributed by atoms with Crippen molar-refractivity contribution in [1.29, 1.82) is 5.26 Å². The van der Waals surface area contributed by atoms with Gasteiger partial charge in [0, 0.05) is 0 Å². The second-order valence-electron chi connectivity index (χ2n) is 5.12. The van der Waals surface area contributed by atoms with Crippen molar-refractivity contribution in [3.05, 3.63) is 0 Å². The third-order valence-electron chi connectivity index (χ3n) is 3.63. The van der Waals surface area contributed by atoms with Crippen LogP contribution in [0.5, 0.6) is 0 Å². The van der Waals surface area contributed by atoms with Crippen LogP contribution in [0.4, 0.5) is 0 Å². The third kappa shape index (κ3) is 3.21. The van der Waals surface area contributed by atoms with Gasteiger partial charge in [-0.3, -0.25) is 0 Å². The fourth-order valence-corrected chi connectivity index (χ4v) is 3.37. The molecule has 0 aliphatic heterocycles. The Bertz CT molecular complexity index is 359. The fraction of sp³-hybridized carbons (Fsp3) is 0.917. The summed E-state index contributed by atoms with van der Waals surface area (Å²) < 4.78 is 23.4. The average molecular weight is 243 g/mol. The number of hydrogen-bond donors (Lipinski definition) is 0. The summed E-state index contributed by atoms with van der Waals surface area (Å²) in [5.41, 5.74) is -0.361. The largest absolute Gasteiger partial charge is 0.229 e. The maximum absolute atomic E-state index is 11.7. The monoisotopic (exact) mass is 243 g/mol. The molecule has 0 aromatic carbocycles. The highest BCUT2D eigenvalue weighted by molar-refractivity contribution is 7.91. The van der Waals surface area contributed by atoms with Crippen LogP contribution in [-0.4, -0.2) is 19.4 Å². The maximum Gasteiger partial charge on any atom is 0.152 e. The normalized spacial score (nSPS) is 20.6. The van der Waals surface area contributed by atoms with E-state index in [1.807, 2.05) is 0 Å². The fourth-order valence-electron chi connectivity index (χ4n) is 2.22. The van der Waals surface area contributed by atoms with E-state index in [2.05, 4.69) is 6.07 Å². The second kappa shape index (κ2) is 5.18. The third-order valence-corrected chi connectivity index (χ3v) is 5.84. The van der Waals surface area contributed by atoms with Crippen molar-refractivity contribution in [3.63, 3.8) is 0 Å². The van der Waals surface area contributed by atoms with Crippen LogP contribution in [0.2, 0.25) is 0 Å². The van der Waals surface area contributed by atoms with Crippen molar-refractivity contribution in [1.82, 2.24) is 0 Å². The van der Waals surface area contributed by atoms with Crippen LogP contribution < -0.4 is 0 Å². The van der Waals surface area contributed by atoms with E-state index in [4.69, 9.17) is 0 Å². The van der Waals surface area contributed by atoms with Gasteiger partial charge in [0.2, 0.25) is 0 Å². The number of nitriles is 1. The Morgan fingerprint density at radius 1 is 1.25 bits per heavy atom. The Morgan fingerprint density at radius 3 is 2.25 bits per heavy atom. The molecule has 0 aromatic rings. The van der Waals surface area contributed by atoms with Crippen LogP contribution in [0.3, 0.4) is 0 Å². The molecule has 1 fully saturated rings. The minimum Gasteiger partial charge on any atom is -0.229 e. The molecular weight excluding hydrogens is 222 g/mol. The summed E-state index contributed by atoms with van der Waals surface area (Å²) in [4.78, 5) is 0. The SMILES string of the molecule is CC(C)S(=O)(=O)CCC1(C#N)CCCCC1. The molecule has 1 rings (SSSR count). The molecule has 4 heteroatoms. The molecule has 0 aromatic heterocycles. The first kappa shape index (κ1) is 13.5. The van der Waals surface area contributed by atoms with Gasteiger partial charge >= 0.3 is 0 Å². The van der Waals surface area contributed by atoms with Crippen molar-refractivity contribution in [3.8, 4) is 6.07 Å². The van der Waals surface area contributed by atoms with Crippen LogP contribution in [-0.2, 0) is 9.84 Å². The molecule has 0 amide bonds. The van der Waals surface area contributed by atoms with E-state index in [9.17, 15) is 13.7 Å². The summed E-state index contributed by atoms with van der Waals surface area (Å²) in [6.45, 7) is 3.41. The molecule has 3 nitrogen and oxygen atoms in total. The Hall–Kier alpha value is -0.560. The van der Waals surface area contributed by atoms with Gasteiger partial charge in [-0.15, -0.1) is 0 Å². The second-order valence-corrected chi connectivity index (χ2v) is 7.80. The number of rotatable bonds is 4. The van der Waals surface area contributed by atoms with Crippen LogP contribution in [0.25, 0.3) is 0 Å². The van der Waals surface area contributed by atoms with Gasteiger partial charge in [-0.05, 0) is 33.1 Å². The zero-order valence-corrected chi connectivity index (χ0v) is 11.0. The van der Waals surface area contributed by atoms with Crippen molar-refractivity contribution in [2.75, 3.05) is 5.75 Å². The Balaban J connectivity index is 2.62. The Morgan fingerprint density at radius 2 is 1.81 bits per heavy atom. The quantitative estimate of drug-likeness (QED) is 0.762. The smallest absolute Gasteiger partial charge is 0.152 e. The molecule has 0 spiro atoms. The summed E-state index contributed by atoms with van der Waals surface area (Å²) in [6, 6.07) is 2.36. The van der Waals surface area contributed by atoms with Crippen LogP contribution in [0.15, 0.2) is 0 Å². The molecule has 0 saturated heterocycles. The molecular formula is C12H21NO2S. The highest BCUT2D eigenvalue weighted by atomic mass is 32.2. The highest BCUT2D eigenvalue weighted by Crippen LogP contribution is 2.39. The van der Waals surface area contributed by atoms with Gasteiger partial charge < -0.3 is 0 Å². The standard InChI is InChI=1S/C12H21NO2S/c1-11(2)16(14,15)9-8-12(10-13)6-4-3-5-7-12/h11H,3-9H2,1-2H3. The van der Waals surface area contributed by atoms with E-state index in [1.54, 1.807) is 13.8 Å². The van der Waals surface area contributed by atoms with E-state index in [0.717, 1.165) is 25.7 Å². The zero-order valence-electron chi connectivity index (χ0n) is 10.2. The van der Waals surface area contributed by atoms with E-state index in [1.165, 1.54) is 6.42 Å². The summed E-state index contributed by atoms with van der Waals surface area (Å²) >= 11 is 0. The summed E-state index contributed by atoms with van der Waals surface area (Å²) in [6.07, 6.45) is 5.57. The lowest BCUT2D eigenvalue weighted by Gasteiger charge is -2.30. The molecule has 1 aliphatic rings. The van der Waals surface area contributed by atoms with Crippen LogP contribution in [0, 0.1) is 16.7 Å². The molecule has 0 heterocycles. The predicted octanol–water partition coefficient (Wildman–Crippen LogP) is 2.67. The predicted molar refractivity (Wildman–Crippen MR) is 64.7 cm³/mol. The van der Waals surface area contributed by atoms with Gasteiger partial charge in [0.05, 0.1) is 22.5 Å². The van der Waals surface area contributed by atoms with Crippen molar-refractivity contribution < 1.29 is 8.42 Å². The Kier molecular flexibility index (Phi) is 4.37. The van der Waals surface area contributed by atoms with Gasteiger partial charge in [0.15, 0.2) is 9.84 Å². The molecule has 0 bridgehead atoms. The van der Waals surface area contributed by atoms with Gasteiger partial charge in [-0.25, -0.2) is 8.42 Å². The topological polar surface area (TPSA) is 57.9 Å². The zero-order chi connectivity index (χ0) is 12.2. The minimum atomic E-state index is -3.00. The van der Waals surface area contributed by atoms with E-state index in [-0.39, 0.29) is 16.4 Å². The summed E-state index contributed by atoms with van der Waals surface area (Å²) in [5, 5.41) is 8.91. The highest BCUT2D eigenvalue weighted by Gasteiger charge is 2.33. The van der Waals surface area contributed by atoms with Crippen LogP contribution >= 0.6 is 0 Å². The lowest BCUT2D eigenvalue weighted by atomic mass is 9.73. The maximum atomic E-state index is 11.7. The van der Waals surface area contributed by atoms with E-state index < -0.39 is 9.84 Å². The lowest BCUT2D eigenvalue weighted by molar-refractivity contribution is 0.259. The molecule has 0 radical (unpaired) electrons. The molecule has 1 aliphatic carbocycles. The van der Waals surface area contributed by atoms with Crippen molar-refractivity contribution >= 4 is 9.84 Å². The summed E-state index contributed by atoms with van der Waals surface area (Å²) in [7, 11) is -3.00. The molecule has 92 valence electrons. The first-order valence-electron chi connectivity index (χ1n) is 6.05. The number of hydrogen-bond acceptors (Lipinski definition) is 3.